The lowest BCUT2D eigenvalue weighted by molar-refractivity contribution is 0.174. The number of nitrogens with zero attached hydrogens (tertiary/aromatic N) is 2. The summed E-state index contributed by atoms with van der Waals surface area (Å²) in [5.41, 5.74) is 3.42. The monoisotopic (exact) mass is 412 g/mol. The zero-order valence-corrected chi connectivity index (χ0v) is 16.4. The van der Waals surface area contributed by atoms with Crippen molar-refractivity contribution < 1.29 is 9.47 Å². The van der Waals surface area contributed by atoms with Crippen LogP contribution in [0.5, 0.6) is 11.5 Å². The van der Waals surface area contributed by atoms with Gasteiger partial charge in [0.2, 0.25) is 6.79 Å². The Balaban J connectivity index is 1.48. The predicted molar refractivity (Wildman–Crippen MR) is 110 cm³/mol. The number of rotatable bonds is 4. The summed E-state index contributed by atoms with van der Waals surface area (Å²) in [5, 5.41) is 4.93. The van der Waals surface area contributed by atoms with Crippen LogP contribution >= 0.6 is 34.7 Å². The standard InChI is InChI=1S/C20H13ClN2O2S2/c21-14-4-2-13(3-5-14)15-9-27-20-18(15)19(22-10-23-20)26-8-12-1-6-16-17(7-12)25-11-24-16/h1-7,9-10H,8,11H2. The molecule has 4 nitrogen and oxygen atoms in total. The van der Waals surface area contributed by atoms with Crippen LogP contribution in [-0.4, -0.2) is 16.8 Å². The molecular weight excluding hydrogens is 400 g/mol. The van der Waals surface area contributed by atoms with Crippen molar-refractivity contribution in [2.75, 3.05) is 6.79 Å². The maximum absolute atomic E-state index is 6.04. The summed E-state index contributed by atoms with van der Waals surface area (Å²) < 4.78 is 10.8. The van der Waals surface area contributed by atoms with Gasteiger partial charge in [0.15, 0.2) is 11.5 Å². The smallest absolute Gasteiger partial charge is 0.231 e. The van der Waals surface area contributed by atoms with Gasteiger partial charge >= 0.3 is 0 Å². The third-order valence-electron chi connectivity index (χ3n) is 4.30. The summed E-state index contributed by atoms with van der Waals surface area (Å²) >= 11 is 9.36. The molecule has 0 radical (unpaired) electrons. The van der Waals surface area contributed by atoms with E-state index in [4.69, 9.17) is 21.1 Å². The molecule has 2 aromatic carbocycles. The quantitative estimate of drug-likeness (QED) is 0.302. The van der Waals surface area contributed by atoms with Crippen LogP contribution in [-0.2, 0) is 5.75 Å². The van der Waals surface area contributed by atoms with E-state index in [-0.39, 0.29) is 6.79 Å². The first-order valence-corrected chi connectivity index (χ1v) is 10.5. The summed E-state index contributed by atoms with van der Waals surface area (Å²) in [5.74, 6) is 2.40. The number of hydrogen-bond acceptors (Lipinski definition) is 6. The molecular formula is C20H13ClN2O2S2. The minimum absolute atomic E-state index is 0.290. The van der Waals surface area contributed by atoms with Crippen LogP contribution < -0.4 is 9.47 Å². The minimum Gasteiger partial charge on any atom is -0.454 e. The van der Waals surface area contributed by atoms with Gasteiger partial charge in [-0.05, 0) is 35.4 Å². The van der Waals surface area contributed by atoms with E-state index >= 15 is 0 Å². The Kier molecular flexibility index (Phi) is 4.39. The number of thiophene rings is 1. The van der Waals surface area contributed by atoms with E-state index in [1.807, 2.05) is 36.4 Å². The molecule has 1 aliphatic rings. The summed E-state index contributed by atoms with van der Waals surface area (Å²) in [4.78, 5) is 9.98. The second-order valence-corrected chi connectivity index (χ2v) is 8.25. The van der Waals surface area contributed by atoms with Gasteiger partial charge in [-0.15, -0.1) is 23.1 Å². The zero-order chi connectivity index (χ0) is 18.2. The molecule has 0 saturated heterocycles. The molecule has 1 aliphatic heterocycles. The third kappa shape index (κ3) is 3.25. The van der Waals surface area contributed by atoms with Gasteiger partial charge in [-0.3, -0.25) is 0 Å². The number of thioether (sulfide) groups is 1. The zero-order valence-electron chi connectivity index (χ0n) is 14.0. The Bertz CT molecular complexity index is 1130. The fraction of sp³-hybridized carbons (Fsp3) is 0.100. The van der Waals surface area contributed by atoms with Gasteiger partial charge in [-0.1, -0.05) is 29.8 Å². The van der Waals surface area contributed by atoms with Crippen LogP contribution in [0, 0.1) is 0 Å². The first-order valence-electron chi connectivity index (χ1n) is 8.27. The van der Waals surface area contributed by atoms with Crippen molar-refractivity contribution >= 4 is 44.9 Å². The Morgan fingerprint density at radius 1 is 1.04 bits per heavy atom. The molecule has 0 unspecified atom stereocenters. The van der Waals surface area contributed by atoms with E-state index in [9.17, 15) is 0 Å². The second-order valence-electron chi connectivity index (χ2n) is 5.99. The van der Waals surface area contributed by atoms with Gasteiger partial charge in [0, 0.05) is 21.7 Å². The second kappa shape index (κ2) is 7.03. The molecule has 27 heavy (non-hydrogen) atoms. The van der Waals surface area contributed by atoms with E-state index in [0.717, 1.165) is 48.6 Å². The lowest BCUT2D eigenvalue weighted by atomic mass is 10.1. The molecule has 0 aliphatic carbocycles. The first-order chi connectivity index (χ1) is 13.3. The van der Waals surface area contributed by atoms with Gasteiger partial charge < -0.3 is 9.47 Å². The highest BCUT2D eigenvalue weighted by atomic mass is 35.5. The Labute approximate surface area is 169 Å². The van der Waals surface area contributed by atoms with Crippen molar-refractivity contribution in [2.45, 2.75) is 10.8 Å². The van der Waals surface area contributed by atoms with Crippen molar-refractivity contribution in [1.29, 1.82) is 0 Å². The highest BCUT2D eigenvalue weighted by Crippen LogP contribution is 2.40. The highest BCUT2D eigenvalue weighted by Gasteiger charge is 2.16. The number of fused-ring (bicyclic) bond motifs is 2. The molecule has 0 fully saturated rings. The molecule has 7 heteroatoms. The van der Waals surface area contributed by atoms with Crippen LogP contribution in [0.4, 0.5) is 0 Å². The molecule has 134 valence electrons. The molecule has 3 heterocycles. The van der Waals surface area contributed by atoms with E-state index in [1.165, 1.54) is 5.56 Å². The normalized spacial score (nSPS) is 12.6. The van der Waals surface area contributed by atoms with Crippen LogP contribution in [0.15, 0.2) is 59.2 Å². The van der Waals surface area contributed by atoms with E-state index in [1.54, 1.807) is 29.4 Å². The van der Waals surface area contributed by atoms with Gasteiger partial charge in [-0.2, -0.15) is 0 Å². The van der Waals surface area contributed by atoms with E-state index < -0.39 is 0 Å². The fourth-order valence-corrected chi connectivity index (χ4v) is 5.04. The van der Waals surface area contributed by atoms with Crippen molar-refractivity contribution in [1.82, 2.24) is 9.97 Å². The van der Waals surface area contributed by atoms with Crippen molar-refractivity contribution in [3.63, 3.8) is 0 Å². The van der Waals surface area contributed by atoms with Crippen LogP contribution in [0.3, 0.4) is 0 Å². The van der Waals surface area contributed by atoms with E-state index in [2.05, 4.69) is 21.4 Å². The minimum atomic E-state index is 0.290. The maximum atomic E-state index is 6.04. The summed E-state index contributed by atoms with van der Waals surface area (Å²) in [6.07, 6.45) is 1.63. The largest absolute Gasteiger partial charge is 0.454 e. The Hall–Kier alpha value is -2.28. The third-order valence-corrected chi connectivity index (χ3v) is 6.50. The number of hydrogen-bond donors (Lipinski definition) is 0. The van der Waals surface area contributed by atoms with Crippen molar-refractivity contribution in [3.8, 4) is 22.6 Å². The topological polar surface area (TPSA) is 44.2 Å². The molecule has 5 rings (SSSR count). The first kappa shape index (κ1) is 16.9. The number of halogens is 1. The lowest BCUT2D eigenvalue weighted by Gasteiger charge is -2.06. The Morgan fingerprint density at radius 3 is 2.78 bits per heavy atom. The Morgan fingerprint density at radius 2 is 1.89 bits per heavy atom. The number of benzene rings is 2. The molecule has 2 aromatic heterocycles. The number of aromatic nitrogens is 2. The molecule has 0 spiro atoms. The summed E-state index contributed by atoms with van der Waals surface area (Å²) in [6.45, 7) is 0.290. The molecule has 0 N–H and O–H groups in total. The summed E-state index contributed by atoms with van der Waals surface area (Å²) in [6, 6.07) is 13.9. The molecule has 0 atom stereocenters. The fourth-order valence-electron chi connectivity index (χ4n) is 2.98. The van der Waals surface area contributed by atoms with Gasteiger partial charge in [0.25, 0.3) is 0 Å². The van der Waals surface area contributed by atoms with Crippen LogP contribution in [0.25, 0.3) is 21.3 Å². The van der Waals surface area contributed by atoms with Crippen LogP contribution in [0.1, 0.15) is 5.56 Å². The van der Waals surface area contributed by atoms with Gasteiger partial charge in [-0.25, -0.2) is 9.97 Å². The molecule has 0 saturated carbocycles. The predicted octanol–water partition coefficient (Wildman–Crippen LogP) is 6.03. The lowest BCUT2D eigenvalue weighted by Crippen LogP contribution is -1.92. The van der Waals surface area contributed by atoms with Crippen molar-refractivity contribution in [2.24, 2.45) is 0 Å². The molecule has 4 aromatic rings. The average molecular weight is 413 g/mol. The highest BCUT2D eigenvalue weighted by molar-refractivity contribution is 7.98. The summed E-state index contributed by atoms with van der Waals surface area (Å²) in [7, 11) is 0. The SMILES string of the molecule is Clc1ccc(-c2csc3ncnc(SCc4ccc5c(c4)OCO5)c23)cc1. The van der Waals surface area contributed by atoms with Crippen molar-refractivity contribution in [3.05, 3.63) is 64.8 Å². The van der Waals surface area contributed by atoms with E-state index in [0.29, 0.717) is 0 Å². The number of ether oxygens (including phenoxy) is 2. The molecule has 0 bridgehead atoms. The van der Waals surface area contributed by atoms with Crippen LogP contribution in [0.2, 0.25) is 5.02 Å². The maximum Gasteiger partial charge on any atom is 0.231 e. The van der Waals surface area contributed by atoms with Gasteiger partial charge in [0.1, 0.15) is 16.2 Å². The average Bonchev–Trinajstić information content (AvgIpc) is 3.33. The molecule has 0 amide bonds. The van der Waals surface area contributed by atoms with Gasteiger partial charge in [0.05, 0.1) is 5.39 Å².